The van der Waals surface area contributed by atoms with Crippen molar-refractivity contribution in [3.05, 3.63) is 65.4 Å². The van der Waals surface area contributed by atoms with Gasteiger partial charge in [0.05, 0.1) is 6.04 Å². The number of hydrogen-bond donors (Lipinski definition) is 1. The Morgan fingerprint density at radius 3 is 2.63 bits per heavy atom. The molecule has 1 aliphatic heterocycles. The molecule has 4 heteroatoms. The van der Waals surface area contributed by atoms with Crippen LogP contribution in [-0.4, -0.2) is 28.6 Å². The van der Waals surface area contributed by atoms with Crippen LogP contribution in [0, 0.1) is 5.92 Å². The second-order valence-corrected chi connectivity index (χ2v) is 9.64. The quantitative estimate of drug-likeness (QED) is 0.491. The molecule has 0 bridgehead atoms. The molecule has 2 heterocycles. The zero-order valence-electron chi connectivity index (χ0n) is 17.7. The summed E-state index contributed by atoms with van der Waals surface area (Å²) in [4.78, 5) is 20.5. The summed E-state index contributed by atoms with van der Waals surface area (Å²) in [5.41, 5.74) is 4.96. The number of para-hydroxylation sites is 1. The molecule has 1 amide bonds. The minimum absolute atomic E-state index is 0.0202. The summed E-state index contributed by atoms with van der Waals surface area (Å²) in [5, 5.41) is 1.30. The number of rotatable bonds is 5. The van der Waals surface area contributed by atoms with Gasteiger partial charge in [-0.05, 0) is 54.3 Å². The van der Waals surface area contributed by atoms with Crippen LogP contribution in [0.2, 0.25) is 0 Å². The highest BCUT2D eigenvalue weighted by Gasteiger charge is 2.34. The van der Waals surface area contributed by atoms with Gasteiger partial charge < -0.3 is 9.88 Å². The molecule has 1 aliphatic carbocycles. The highest BCUT2D eigenvalue weighted by molar-refractivity contribution is 7.98. The summed E-state index contributed by atoms with van der Waals surface area (Å²) in [6.45, 7) is 0.799. The first kappa shape index (κ1) is 19.7. The largest absolute Gasteiger partial charge is 0.356 e. The van der Waals surface area contributed by atoms with E-state index < -0.39 is 0 Å². The Morgan fingerprint density at radius 1 is 1.10 bits per heavy atom. The predicted octanol–water partition coefficient (Wildman–Crippen LogP) is 6.33. The van der Waals surface area contributed by atoms with Crippen molar-refractivity contribution < 1.29 is 4.79 Å². The second-order valence-electron chi connectivity index (χ2n) is 8.76. The zero-order chi connectivity index (χ0) is 20.5. The summed E-state index contributed by atoms with van der Waals surface area (Å²) in [6.07, 6.45) is 10.0. The minimum atomic E-state index is -0.0202. The summed E-state index contributed by atoms with van der Waals surface area (Å²) in [7, 11) is 0. The molecule has 0 spiro atoms. The van der Waals surface area contributed by atoms with Crippen LogP contribution in [0.5, 0.6) is 0 Å². The molecule has 1 atom stereocenters. The first-order chi connectivity index (χ1) is 14.7. The van der Waals surface area contributed by atoms with Crippen LogP contribution in [0.1, 0.15) is 61.4 Å². The maximum Gasteiger partial charge on any atom is 0.223 e. The SMILES string of the molecule is CSc1ccc([C@@H]2c3[nH]c4ccccc4c3CCN2C(=O)CCC2CCCC2)cc1. The molecule has 5 rings (SSSR count). The second kappa shape index (κ2) is 8.50. The molecule has 2 aromatic carbocycles. The predicted molar refractivity (Wildman–Crippen MR) is 125 cm³/mol. The molecule has 0 saturated heterocycles. The van der Waals surface area contributed by atoms with Gasteiger partial charge in [-0.3, -0.25) is 4.79 Å². The van der Waals surface area contributed by atoms with E-state index in [0.717, 1.165) is 25.3 Å². The van der Waals surface area contributed by atoms with E-state index in [-0.39, 0.29) is 6.04 Å². The number of benzene rings is 2. The van der Waals surface area contributed by atoms with Crippen molar-refractivity contribution in [1.29, 1.82) is 0 Å². The highest BCUT2D eigenvalue weighted by atomic mass is 32.2. The van der Waals surface area contributed by atoms with Crippen molar-refractivity contribution in [3.63, 3.8) is 0 Å². The number of carbonyl (C=O) groups is 1. The Balaban J connectivity index is 1.49. The summed E-state index contributed by atoms with van der Waals surface area (Å²) in [5.74, 6) is 1.06. The summed E-state index contributed by atoms with van der Waals surface area (Å²) >= 11 is 1.75. The Hall–Kier alpha value is -2.20. The highest BCUT2D eigenvalue weighted by Crippen LogP contribution is 2.39. The topological polar surface area (TPSA) is 36.1 Å². The fourth-order valence-corrected chi connectivity index (χ4v) is 5.82. The molecule has 3 aromatic rings. The van der Waals surface area contributed by atoms with Crippen LogP contribution in [0.3, 0.4) is 0 Å². The number of hydrogen-bond acceptors (Lipinski definition) is 2. The molecule has 156 valence electrons. The first-order valence-electron chi connectivity index (χ1n) is 11.3. The Bertz CT molecular complexity index is 1030. The van der Waals surface area contributed by atoms with Gasteiger partial charge in [0, 0.05) is 34.5 Å². The Labute approximate surface area is 183 Å². The molecule has 3 nitrogen and oxygen atoms in total. The average Bonchev–Trinajstić information content (AvgIpc) is 3.44. The van der Waals surface area contributed by atoms with Crippen molar-refractivity contribution >= 4 is 28.6 Å². The third-order valence-electron chi connectivity index (χ3n) is 7.03. The van der Waals surface area contributed by atoms with Crippen molar-refractivity contribution in [2.45, 2.75) is 55.9 Å². The van der Waals surface area contributed by atoms with E-state index in [1.165, 1.54) is 58.3 Å². The number of thioether (sulfide) groups is 1. The van der Waals surface area contributed by atoms with E-state index in [2.05, 4.69) is 64.7 Å². The third kappa shape index (κ3) is 3.66. The molecular weight excluding hydrogens is 388 g/mol. The van der Waals surface area contributed by atoms with Gasteiger partial charge in [0.15, 0.2) is 0 Å². The monoisotopic (exact) mass is 418 g/mol. The third-order valence-corrected chi connectivity index (χ3v) is 7.77. The van der Waals surface area contributed by atoms with Crippen molar-refractivity contribution in [3.8, 4) is 0 Å². The van der Waals surface area contributed by atoms with Crippen LogP contribution < -0.4 is 0 Å². The zero-order valence-corrected chi connectivity index (χ0v) is 18.5. The van der Waals surface area contributed by atoms with E-state index in [9.17, 15) is 4.79 Å². The molecule has 1 fully saturated rings. The van der Waals surface area contributed by atoms with E-state index in [1.807, 2.05) is 0 Å². The molecule has 1 aromatic heterocycles. The van der Waals surface area contributed by atoms with E-state index in [4.69, 9.17) is 0 Å². The number of carbonyl (C=O) groups excluding carboxylic acids is 1. The van der Waals surface area contributed by atoms with Crippen molar-refractivity contribution in [2.75, 3.05) is 12.8 Å². The normalized spacial score (nSPS) is 19.4. The van der Waals surface area contributed by atoms with Gasteiger partial charge in [-0.1, -0.05) is 56.0 Å². The van der Waals surface area contributed by atoms with Gasteiger partial charge in [-0.15, -0.1) is 11.8 Å². The number of nitrogens with one attached hydrogen (secondary N) is 1. The van der Waals surface area contributed by atoms with Crippen LogP contribution >= 0.6 is 11.8 Å². The lowest BCUT2D eigenvalue weighted by Crippen LogP contribution is -2.40. The van der Waals surface area contributed by atoms with Crippen LogP contribution in [-0.2, 0) is 11.2 Å². The van der Waals surface area contributed by atoms with Gasteiger partial charge in [0.1, 0.15) is 0 Å². The van der Waals surface area contributed by atoms with Gasteiger partial charge in [-0.25, -0.2) is 0 Å². The molecular formula is C26H30N2OS. The van der Waals surface area contributed by atoms with E-state index in [1.54, 1.807) is 11.8 Å². The fourth-order valence-electron chi connectivity index (χ4n) is 5.41. The number of fused-ring (bicyclic) bond motifs is 3. The van der Waals surface area contributed by atoms with Crippen LogP contribution in [0.25, 0.3) is 10.9 Å². The molecule has 0 radical (unpaired) electrons. The van der Waals surface area contributed by atoms with Crippen LogP contribution in [0.4, 0.5) is 0 Å². The minimum Gasteiger partial charge on any atom is -0.356 e. The lowest BCUT2D eigenvalue weighted by molar-refractivity contribution is -0.133. The molecule has 2 aliphatic rings. The Kier molecular flexibility index (Phi) is 5.60. The van der Waals surface area contributed by atoms with Crippen LogP contribution in [0.15, 0.2) is 53.4 Å². The maximum absolute atomic E-state index is 13.4. The number of aromatic nitrogens is 1. The van der Waals surface area contributed by atoms with Crippen molar-refractivity contribution in [2.24, 2.45) is 5.92 Å². The molecule has 0 unspecified atom stereocenters. The standard InChI is InChI=1S/C26H30N2OS/c1-30-20-13-11-19(12-14-20)26-25-22(21-8-4-5-9-23(21)27-25)16-17-28(26)24(29)15-10-18-6-2-3-7-18/h4-5,8-9,11-14,18,26-27H,2-3,6-7,10,15-17H2,1H3/t26-/m1/s1. The van der Waals surface area contributed by atoms with E-state index in [0.29, 0.717) is 12.3 Å². The lowest BCUT2D eigenvalue weighted by atomic mass is 9.91. The molecule has 30 heavy (non-hydrogen) atoms. The number of aromatic amines is 1. The lowest BCUT2D eigenvalue weighted by Gasteiger charge is -2.36. The fraction of sp³-hybridized carbons (Fsp3) is 0.423. The van der Waals surface area contributed by atoms with Gasteiger partial charge >= 0.3 is 0 Å². The average molecular weight is 419 g/mol. The molecule has 1 saturated carbocycles. The van der Waals surface area contributed by atoms with Gasteiger partial charge in [0.25, 0.3) is 0 Å². The Morgan fingerprint density at radius 2 is 1.87 bits per heavy atom. The first-order valence-corrected chi connectivity index (χ1v) is 12.5. The summed E-state index contributed by atoms with van der Waals surface area (Å²) in [6, 6.07) is 17.3. The van der Waals surface area contributed by atoms with Crippen molar-refractivity contribution in [1.82, 2.24) is 9.88 Å². The number of amides is 1. The van der Waals surface area contributed by atoms with Gasteiger partial charge in [0.2, 0.25) is 5.91 Å². The maximum atomic E-state index is 13.4. The molecule has 1 N–H and O–H groups in total. The summed E-state index contributed by atoms with van der Waals surface area (Å²) < 4.78 is 0. The smallest absolute Gasteiger partial charge is 0.223 e. The van der Waals surface area contributed by atoms with Gasteiger partial charge in [-0.2, -0.15) is 0 Å². The van der Waals surface area contributed by atoms with E-state index >= 15 is 0 Å². The number of H-pyrrole nitrogens is 1. The number of nitrogens with zero attached hydrogens (tertiary/aromatic N) is 1.